The Kier molecular flexibility index (Phi) is 2.74. The summed E-state index contributed by atoms with van der Waals surface area (Å²) in [7, 11) is 0. The van der Waals surface area contributed by atoms with Gasteiger partial charge >= 0.3 is 0 Å². The van der Waals surface area contributed by atoms with Gasteiger partial charge in [-0.05, 0) is 12.1 Å². The monoisotopic (exact) mass is 279 g/mol. The number of nitrogens with one attached hydrogen (secondary N) is 1. The van der Waals surface area contributed by atoms with Gasteiger partial charge in [-0.25, -0.2) is 13.2 Å². The molecule has 1 aromatic heterocycles. The second-order valence-corrected chi connectivity index (χ2v) is 4.09. The fraction of sp³-hybridized carbons (Fsp3) is 0. The second kappa shape index (κ2) is 4.44. The van der Waals surface area contributed by atoms with Crippen LogP contribution < -0.4 is 11.1 Å². The predicted octanol–water partition coefficient (Wildman–Crippen LogP) is 3.57. The minimum absolute atomic E-state index is 0.109. The van der Waals surface area contributed by atoms with Gasteiger partial charge in [-0.2, -0.15) is 4.98 Å². The molecule has 0 saturated heterocycles. The maximum atomic E-state index is 13.5. The molecule has 1 heterocycles. The maximum absolute atomic E-state index is 13.5. The molecule has 0 bridgehead atoms. The van der Waals surface area contributed by atoms with E-state index in [9.17, 15) is 13.2 Å². The van der Waals surface area contributed by atoms with Crippen LogP contribution in [0.1, 0.15) is 0 Å². The Balaban J connectivity index is 2.03. The fourth-order valence-electron chi connectivity index (χ4n) is 1.79. The number of nitrogens with zero attached hydrogens (tertiary/aromatic N) is 1. The zero-order valence-electron chi connectivity index (χ0n) is 9.95. The van der Waals surface area contributed by atoms with Crippen LogP contribution in [0.2, 0.25) is 0 Å². The Labute approximate surface area is 111 Å². The van der Waals surface area contributed by atoms with Gasteiger partial charge < -0.3 is 15.5 Å². The van der Waals surface area contributed by atoms with E-state index in [2.05, 4.69) is 10.3 Å². The van der Waals surface area contributed by atoms with Crippen LogP contribution in [0.4, 0.5) is 30.6 Å². The van der Waals surface area contributed by atoms with Crippen molar-refractivity contribution in [1.82, 2.24) is 4.98 Å². The van der Waals surface area contributed by atoms with E-state index < -0.39 is 23.1 Å². The van der Waals surface area contributed by atoms with Crippen molar-refractivity contribution < 1.29 is 17.6 Å². The number of hydrogen-bond donors (Lipinski definition) is 2. The molecule has 0 radical (unpaired) electrons. The molecule has 0 fully saturated rings. The van der Waals surface area contributed by atoms with Gasteiger partial charge in [0.1, 0.15) is 11.3 Å². The molecule has 4 nitrogen and oxygen atoms in total. The molecule has 0 unspecified atom stereocenters. The smallest absolute Gasteiger partial charge is 0.300 e. The number of anilines is 3. The van der Waals surface area contributed by atoms with Gasteiger partial charge in [0, 0.05) is 12.1 Å². The molecule has 102 valence electrons. The van der Waals surface area contributed by atoms with E-state index in [1.807, 2.05) is 0 Å². The Hall–Kier alpha value is -2.70. The van der Waals surface area contributed by atoms with Crippen LogP contribution in [-0.4, -0.2) is 4.98 Å². The van der Waals surface area contributed by atoms with Crippen molar-refractivity contribution in [2.24, 2.45) is 0 Å². The number of oxazole rings is 1. The first kappa shape index (κ1) is 12.3. The van der Waals surface area contributed by atoms with Crippen LogP contribution in [0.15, 0.2) is 34.7 Å². The highest BCUT2D eigenvalue weighted by molar-refractivity contribution is 5.86. The fourth-order valence-corrected chi connectivity index (χ4v) is 1.79. The largest absolute Gasteiger partial charge is 0.423 e. The average molecular weight is 279 g/mol. The van der Waals surface area contributed by atoms with Crippen molar-refractivity contribution in [3.05, 3.63) is 47.8 Å². The molecular weight excluding hydrogens is 271 g/mol. The zero-order chi connectivity index (χ0) is 14.3. The van der Waals surface area contributed by atoms with Crippen molar-refractivity contribution >= 4 is 28.5 Å². The lowest BCUT2D eigenvalue weighted by Gasteiger charge is -2.04. The molecule has 7 heteroatoms. The van der Waals surface area contributed by atoms with Gasteiger partial charge in [-0.15, -0.1) is 0 Å². The van der Waals surface area contributed by atoms with Gasteiger partial charge in [0.2, 0.25) is 0 Å². The van der Waals surface area contributed by atoms with Crippen LogP contribution in [-0.2, 0) is 0 Å². The van der Waals surface area contributed by atoms with Crippen molar-refractivity contribution in [2.75, 3.05) is 11.1 Å². The molecule has 0 aliphatic carbocycles. The van der Waals surface area contributed by atoms with E-state index in [0.29, 0.717) is 22.9 Å². The van der Waals surface area contributed by atoms with E-state index in [1.165, 1.54) is 0 Å². The van der Waals surface area contributed by atoms with E-state index >= 15 is 0 Å². The molecule has 0 aliphatic heterocycles. The van der Waals surface area contributed by atoms with Crippen LogP contribution >= 0.6 is 0 Å². The van der Waals surface area contributed by atoms with Gasteiger partial charge in [0.15, 0.2) is 17.2 Å². The number of hydrogen-bond acceptors (Lipinski definition) is 4. The number of nitrogen functional groups attached to an aromatic ring is 1. The highest BCUT2D eigenvalue weighted by Crippen LogP contribution is 2.27. The molecule has 0 atom stereocenters. The molecule has 2 aromatic carbocycles. The third-order valence-corrected chi connectivity index (χ3v) is 2.68. The molecule has 0 amide bonds. The highest BCUT2D eigenvalue weighted by Gasteiger charge is 2.14. The third kappa shape index (κ3) is 2.03. The summed E-state index contributed by atoms with van der Waals surface area (Å²) in [4.78, 5) is 3.99. The number of benzene rings is 2. The molecule has 0 saturated carbocycles. The summed E-state index contributed by atoms with van der Waals surface area (Å²) in [5.74, 6) is -3.44. The summed E-state index contributed by atoms with van der Waals surface area (Å²) in [6.45, 7) is 0. The number of fused-ring (bicyclic) bond motifs is 1. The molecule has 20 heavy (non-hydrogen) atoms. The van der Waals surface area contributed by atoms with Gasteiger partial charge in [0.05, 0.1) is 11.4 Å². The molecular formula is C13H8F3N3O. The lowest BCUT2D eigenvalue weighted by molar-refractivity contribution is 0.497. The SMILES string of the molecule is Nc1cccc2oc(Nc3cc(F)cc(F)c3F)nc12. The van der Waals surface area contributed by atoms with Gasteiger partial charge in [-0.3, -0.25) is 0 Å². The molecule has 3 aromatic rings. The molecule has 3 rings (SSSR count). The lowest BCUT2D eigenvalue weighted by Crippen LogP contribution is -1.98. The van der Waals surface area contributed by atoms with Crippen molar-refractivity contribution in [2.45, 2.75) is 0 Å². The Morgan fingerprint density at radius 2 is 1.95 bits per heavy atom. The number of para-hydroxylation sites is 1. The van der Waals surface area contributed by atoms with E-state index in [-0.39, 0.29) is 6.01 Å². The quantitative estimate of drug-likeness (QED) is 0.556. The first-order chi connectivity index (χ1) is 9.54. The Bertz CT molecular complexity index is 801. The van der Waals surface area contributed by atoms with Crippen molar-refractivity contribution in [3.8, 4) is 0 Å². The van der Waals surface area contributed by atoms with E-state index in [1.54, 1.807) is 18.2 Å². The van der Waals surface area contributed by atoms with E-state index in [0.717, 1.165) is 6.07 Å². The van der Waals surface area contributed by atoms with Crippen LogP contribution in [0.3, 0.4) is 0 Å². The second-order valence-electron chi connectivity index (χ2n) is 4.09. The van der Waals surface area contributed by atoms with Crippen LogP contribution in [0.5, 0.6) is 0 Å². The summed E-state index contributed by atoms with van der Waals surface area (Å²) in [6.07, 6.45) is 0. The Morgan fingerprint density at radius 1 is 1.15 bits per heavy atom. The molecule has 3 N–H and O–H groups in total. The summed E-state index contributed by atoms with van der Waals surface area (Å²) in [5, 5.41) is 2.38. The summed E-state index contributed by atoms with van der Waals surface area (Å²) in [5.41, 5.74) is 6.43. The maximum Gasteiger partial charge on any atom is 0.300 e. The summed E-state index contributed by atoms with van der Waals surface area (Å²) >= 11 is 0. The topological polar surface area (TPSA) is 64.1 Å². The standard InChI is InChI=1S/C13H8F3N3O/c14-6-4-7(15)11(16)9(5-6)18-13-19-12-8(17)2-1-3-10(12)20-13/h1-5H,17H2,(H,18,19). The van der Waals surface area contributed by atoms with E-state index in [4.69, 9.17) is 10.2 Å². The predicted molar refractivity (Wildman–Crippen MR) is 68.0 cm³/mol. The number of aromatic nitrogens is 1. The Morgan fingerprint density at radius 3 is 2.70 bits per heavy atom. The number of rotatable bonds is 2. The molecule has 0 aliphatic rings. The first-order valence-corrected chi connectivity index (χ1v) is 5.61. The lowest BCUT2D eigenvalue weighted by atomic mass is 10.3. The highest BCUT2D eigenvalue weighted by atomic mass is 19.2. The molecule has 0 spiro atoms. The zero-order valence-corrected chi connectivity index (χ0v) is 9.95. The third-order valence-electron chi connectivity index (χ3n) is 2.68. The first-order valence-electron chi connectivity index (χ1n) is 5.61. The minimum atomic E-state index is -1.30. The van der Waals surface area contributed by atoms with Gasteiger partial charge in [0.25, 0.3) is 6.01 Å². The summed E-state index contributed by atoms with van der Waals surface area (Å²) in [6, 6.07) is 6.04. The minimum Gasteiger partial charge on any atom is -0.423 e. The van der Waals surface area contributed by atoms with Crippen LogP contribution in [0.25, 0.3) is 11.1 Å². The normalized spacial score (nSPS) is 10.9. The van der Waals surface area contributed by atoms with Crippen LogP contribution in [0, 0.1) is 17.5 Å². The number of halogens is 3. The summed E-state index contributed by atoms with van der Waals surface area (Å²) < 4.78 is 44.9. The average Bonchev–Trinajstić information content (AvgIpc) is 2.79. The van der Waals surface area contributed by atoms with Crippen molar-refractivity contribution in [3.63, 3.8) is 0 Å². The van der Waals surface area contributed by atoms with Crippen molar-refractivity contribution in [1.29, 1.82) is 0 Å². The number of nitrogens with two attached hydrogens (primary N) is 1. The van der Waals surface area contributed by atoms with Gasteiger partial charge in [-0.1, -0.05) is 6.07 Å².